The van der Waals surface area contributed by atoms with Crippen molar-refractivity contribution < 1.29 is 29.0 Å². The molecule has 1 aromatic carbocycles. The molecule has 0 unspecified atom stereocenters. The van der Waals surface area contributed by atoms with Crippen molar-refractivity contribution in [3.63, 3.8) is 0 Å². The number of Topliss-reactive ketones (excluding diaryl/α,β-unsaturated/α-hetero) is 1. The second kappa shape index (κ2) is 10.5. The lowest BCUT2D eigenvalue weighted by Gasteiger charge is -2.43. The van der Waals surface area contributed by atoms with Crippen molar-refractivity contribution in [1.82, 2.24) is 0 Å². The smallest absolute Gasteiger partial charge is 0.317 e. The number of ketones is 1. The fourth-order valence-electron chi connectivity index (χ4n) is 4.09. The molecule has 0 aliphatic heterocycles. The maximum atomic E-state index is 13.2. The lowest BCUT2D eigenvalue weighted by Crippen LogP contribution is -2.55. The summed E-state index contributed by atoms with van der Waals surface area (Å²) in [6.45, 7) is 9.47. The number of carbonyl (C=O) groups is 3. The van der Waals surface area contributed by atoms with E-state index in [9.17, 15) is 19.5 Å². The predicted octanol–water partition coefficient (Wildman–Crippen LogP) is 3.19. The molecule has 0 amide bonds. The van der Waals surface area contributed by atoms with Crippen LogP contribution < -0.4 is 4.90 Å². The highest BCUT2D eigenvalue weighted by Crippen LogP contribution is 2.47. The molecule has 4 atom stereocenters. The first kappa shape index (κ1) is 25.8. The van der Waals surface area contributed by atoms with Crippen LogP contribution in [0.5, 0.6) is 0 Å². The number of aliphatic hydroxyl groups is 1. The van der Waals surface area contributed by atoms with Crippen molar-refractivity contribution in [1.29, 1.82) is 0 Å². The van der Waals surface area contributed by atoms with Gasteiger partial charge in [-0.15, -0.1) is 0 Å². The van der Waals surface area contributed by atoms with Crippen LogP contribution >= 0.6 is 0 Å². The van der Waals surface area contributed by atoms with Gasteiger partial charge in [-0.25, -0.2) is 0 Å². The molecule has 0 saturated heterocycles. The number of carbonyl (C=O) groups excluding carboxylic acids is 3. The summed E-state index contributed by atoms with van der Waals surface area (Å²) in [6, 6.07) is 7.30. The maximum Gasteiger partial charge on any atom is 0.317 e. The number of hydrogen-bond acceptors (Lipinski definition) is 7. The summed E-state index contributed by atoms with van der Waals surface area (Å²) in [5, 5.41) is 11.2. The van der Waals surface area contributed by atoms with Crippen LogP contribution in [0.25, 0.3) is 0 Å². The normalized spacial score (nSPS) is 25.7. The number of esters is 2. The van der Waals surface area contributed by atoms with Crippen molar-refractivity contribution >= 4 is 23.4 Å². The van der Waals surface area contributed by atoms with E-state index in [2.05, 4.69) is 0 Å². The SMILES string of the molecule is CC(C)COC(=O)[C@@H]1C(=O)C[C@](C)(O)[C@@H](C(=O)OCC(C)C)[C@@H]1c1ccc(N(C)C)cc1. The van der Waals surface area contributed by atoms with Gasteiger partial charge in [0.2, 0.25) is 0 Å². The number of hydrogen-bond donors (Lipinski definition) is 1. The van der Waals surface area contributed by atoms with Crippen LogP contribution in [0.3, 0.4) is 0 Å². The van der Waals surface area contributed by atoms with Gasteiger partial charge in [0, 0.05) is 32.1 Å². The first-order chi connectivity index (χ1) is 14.8. The van der Waals surface area contributed by atoms with Gasteiger partial charge in [0.05, 0.1) is 24.7 Å². The van der Waals surface area contributed by atoms with Crippen molar-refractivity contribution in [2.24, 2.45) is 23.7 Å². The molecule has 1 fully saturated rings. The van der Waals surface area contributed by atoms with Crippen molar-refractivity contribution in [3.05, 3.63) is 29.8 Å². The Balaban J connectivity index is 2.54. The highest BCUT2D eigenvalue weighted by molar-refractivity contribution is 6.02. The van der Waals surface area contributed by atoms with Crippen LogP contribution in [-0.4, -0.2) is 55.7 Å². The van der Waals surface area contributed by atoms with Gasteiger partial charge in [0.15, 0.2) is 5.78 Å². The van der Waals surface area contributed by atoms with E-state index >= 15 is 0 Å². The van der Waals surface area contributed by atoms with Crippen molar-refractivity contribution in [3.8, 4) is 0 Å². The summed E-state index contributed by atoms with van der Waals surface area (Å²) in [6.07, 6.45) is -0.317. The summed E-state index contributed by atoms with van der Waals surface area (Å²) >= 11 is 0. The molecule has 2 rings (SSSR count). The number of nitrogens with zero attached hydrogens (tertiary/aromatic N) is 1. The quantitative estimate of drug-likeness (QED) is 0.483. The van der Waals surface area contributed by atoms with Gasteiger partial charge in [-0.05, 0) is 36.5 Å². The fourth-order valence-corrected chi connectivity index (χ4v) is 4.09. The van der Waals surface area contributed by atoms with E-state index in [1.165, 1.54) is 6.92 Å². The number of rotatable bonds is 8. The third kappa shape index (κ3) is 6.09. The largest absolute Gasteiger partial charge is 0.465 e. The Hall–Kier alpha value is -2.41. The van der Waals surface area contributed by atoms with E-state index in [-0.39, 0.29) is 31.5 Å². The Kier molecular flexibility index (Phi) is 8.46. The number of ether oxygens (including phenoxy) is 2. The first-order valence-corrected chi connectivity index (χ1v) is 11.2. The average Bonchev–Trinajstić information content (AvgIpc) is 2.69. The van der Waals surface area contributed by atoms with E-state index in [1.807, 2.05) is 58.8 Å². The molecule has 32 heavy (non-hydrogen) atoms. The second-order valence-corrected chi connectivity index (χ2v) is 10.0. The van der Waals surface area contributed by atoms with Crippen molar-refractivity contribution in [2.75, 3.05) is 32.2 Å². The third-order valence-electron chi connectivity index (χ3n) is 5.69. The fraction of sp³-hybridized carbons (Fsp3) is 0.640. The minimum absolute atomic E-state index is 0.102. The number of anilines is 1. The molecule has 1 saturated carbocycles. The molecule has 1 N–H and O–H groups in total. The number of benzene rings is 1. The van der Waals surface area contributed by atoms with Gasteiger partial charge in [-0.2, -0.15) is 0 Å². The van der Waals surface area contributed by atoms with Crippen LogP contribution in [0.15, 0.2) is 24.3 Å². The molecule has 1 aliphatic rings. The molecule has 7 heteroatoms. The Bertz CT molecular complexity index is 812. The molecule has 0 heterocycles. The van der Waals surface area contributed by atoms with Crippen molar-refractivity contribution in [2.45, 2.75) is 52.6 Å². The summed E-state index contributed by atoms with van der Waals surface area (Å²) in [5.41, 5.74) is -0.104. The van der Waals surface area contributed by atoms with E-state index in [4.69, 9.17) is 9.47 Å². The second-order valence-electron chi connectivity index (χ2n) is 10.0. The molecule has 0 bridgehead atoms. The zero-order valence-corrected chi connectivity index (χ0v) is 20.3. The lowest BCUT2D eigenvalue weighted by atomic mass is 9.61. The summed E-state index contributed by atoms with van der Waals surface area (Å²) in [7, 11) is 3.81. The van der Waals surface area contributed by atoms with E-state index in [0.717, 1.165) is 5.69 Å². The molecular weight excluding hydrogens is 410 g/mol. The zero-order valence-electron chi connectivity index (χ0n) is 20.3. The van der Waals surface area contributed by atoms with E-state index in [1.54, 1.807) is 12.1 Å². The molecule has 7 nitrogen and oxygen atoms in total. The highest BCUT2D eigenvalue weighted by atomic mass is 16.5. The predicted molar refractivity (Wildman–Crippen MR) is 122 cm³/mol. The monoisotopic (exact) mass is 447 g/mol. The first-order valence-electron chi connectivity index (χ1n) is 11.2. The lowest BCUT2D eigenvalue weighted by molar-refractivity contribution is -0.173. The Morgan fingerprint density at radius 2 is 1.53 bits per heavy atom. The minimum Gasteiger partial charge on any atom is -0.465 e. The van der Waals surface area contributed by atoms with E-state index in [0.29, 0.717) is 5.56 Å². The van der Waals surface area contributed by atoms with Gasteiger partial charge in [0.25, 0.3) is 0 Å². The average molecular weight is 448 g/mol. The van der Waals surface area contributed by atoms with Crippen LogP contribution in [0.2, 0.25) is 0 Å². The van der Waals surface area contributed by atoms with Gasteiger partial charge in [0.1, 0.15) is 5.92 Å². The topological polar surface area (TPSA) is 93.1 Å². The minimum atomic E-state index is -1.65. The Morgan fingerprint density at radius 3 is 2.00 bits per heavy atom. The van der Waals surface area contributed by atoms with Gasteiger partial charge < -0.3 is 19.5 Å². The van der Waals surface area contributed by atoms with Crippen LogP contribution in [-0.2, 0) is 23.9 Å². The third-order valence-corrected chi connectivity index (χ3v) is 5.69. The Morgan fingerprint density at radius 1 is 1.03 bits per heavy atom. The summed E-state index contributed by atoms with van der Waals surface area (Å²) < 4.78 is 10.9. The van der Waals surface area contributed by atoms with Gasteiger partial charge in [-0.3, -0.25) is 14.4 Å². The molecule has 0 radical (unpaired) electrons. The molecule has 178 valence electrons. The Labute approximate surface area is 191 Å². The molecule has 0 aromatic heterocycles. The molecular formula is C25H37NO6. The zero-order chi connectivity index (χ0) is 24.2. The summed E-state index contributed by atoms with van der Waals surface area (Å²) in [4.78, 5) is 41.2. The summed E-state index contributed by atoms with van der Waals surface area (Å²) in [5.74, 6) is -4.65. The van der Waals surface area contributed by atoms with Gasteiger partial charge in [-0.1, -0.05) is 39.8 Å². The van der Waals surface area contributed by atoms with E-state index < -0.39 is 41.1 Å². The van der Waals surface area contributed by atoms with Crippen LogP contribution in [0.1, 0.15) is 52.5 Å². The maximum absolute atomic E-state index is 13.2. The molecule has 0 spiro atoms. The molecule has 1 aromatic rings. The van der Waals surface area contributed by atoms with Crippen LogP contribution in [0, 0.1) is 23.7 Å². The highest BCUT2D eigenvalue weighted by Gasteiger charge is 2.57. The molecule has 1 aliphatic carbocycles. The van der Waals surface area contributed by atoms with Gasteiger partial charge >= 0.3 is 11.9 Å². The van der Waals surface area contributed by atoms with Crippen LogP contribution in [0.4, 0.5) is 5.69 Å². The standard InChI is InChI=1S/C25H37NO6/c1-15(2)13-31-23(28)21-19(27)12-25(5,30)22(24(29)32-14-16(3)4)20(21)17-8-10-18(11-9-17)26(6)7/h8-11,15-16,20-22,30H,12-14H2,1-7H3/t20-,21-,22-,25+/m1/s1.